The lowest BCUT2D eigenvalue weighted by Gasteiger charge is -2.19. The molecule has 1 nitrogen and oxygen atoms in total. The van der Waals surface area contributed by atoms with Crippen LogP contribution in [0.4, 0.5) is 22.0 Å². The summed E-state index contributed by atoms with van der Waals surface area (Å²) in [6.07, 6.45) is -0.0288. The first-order valence-electron chi connectivity index (χ1n) is 6.28. The molecule has 1 rings (SSSR count). The Morgan fingerprint density at radius 1 is 0.667 bits per heavy atom. The van der Waals surface area contributed by atoms with Crippen LogP contribution in [0.25, 0.3) is 0 Å². The van der Waals surface area contributed by atoms with Gasteiger partial charge in [0.15, 0.2) is 23.3 Å². The van der Waals surface area contributed by atoms with Gasteiger partial charge in [-0.15, -0.1) is 23.2 Å². The second kappa shape index (κ2) is 8.76. The second-order valence-electron chi connectivity index (χ2n) is 4.37. The largest absolute Gasteiger partial charge is 0.301 e. The smallest absolute Gasteiger partial charge is 0.200 e. The van der Waals surface area contributed by atoms with Gasteiger partial charge in [0.25, 0.3) is 0 Å². The zero-order chi connectivity index (χ0) is 16.0. The molecule has 0 saturated carbocycles. The molecule has 0 fully saturated rings. The van der Waals surface area contributed by atoms with E-state index in [1.165, 1.54) is 0 Å². The average molecular weight is 350 g/mol. The zero-order valence-electron chi connectivity index (χ0n) is 11.0. The molecule has 0 spiro atoms. The van der Waals surface area contributed by atoms with Gasteiger partial charge in [-0.2, -0.15) is 0 Å². The number of hydrogen-bond acceptors (Lipinski definition) is 1. The average Bonchev–Trinajstić information content (AvgIpc) is 2.47. The van der Waals surface area contributed by atoms with Crippen LogP contribution in [0.15, 0.2) is 0 Å². The molecular weight excluding hydrogens is 336 g/mol. The maximum absolute atomic E-state index is 13.4. The van der Waals surface area contributed by atoms with Crippen LogP contribution in [0, 0.1) is 29.1 Å². The van der Waals surface area contributed by atoms with Gasteiger partial charge < -0.3 is 4.90 Å². The second-order valence-corrected chi connectivity index (χ2v) is 5.13. The van der Waals surface area contributed by atoms with Gasteiger partial charge in [0.1, 0.15) is 0 Å². The third-order valence-electron chi connectivity index (χ3n) is 3.00. The van der Waals surface area contributed by atoms with E-state index in [1.54, 1.807) is 0 Å². The standard InChI is InChI=1S/C13H14Cl2F5N/c14-3-6-21(7-4-15)5-1-2-8-9(16)11(18)13(20)12(19)10(8)17/h1-7H2. The molecule has 21 heavy (non-hydrogen) atoms. The molecule has 0 aromatic heterocycles. The lowest BCUT2D eigenvalue weighted by atomic mass is 10.1. The predicted molar refractivity (Wildman–Crippen MR) is 72.4 cm³/mol. The third-order valence-corrected chi connectivity index (χ3v) is 3.34. The molecule has 0 N–H and O–H groups in total. The summed E-state index contributed by atoms with van der Waals surface area (Å²) in [4.78, 5) is 1.85. The fraction of sp³-hybridized carbons (Fsp3) is 0.538. The van der Waals surface area contributed by atoms with Crippen LogP contribution < -0.4 is 0 Å². The van der Waals surface area contributed by atoms with Crippen molar-refractivity contribution >= 4 is 23.2 Å². The molecule has 1 aromatic rings. The van der Waals surface area contributed by atoms with Crippen LogP contribution in [0.1, 0.15) is 12.0 Å². The first-order valence-corrected chi connectivity index (χ1v) is 7.35. The molecule has 0 bridgehead atoms. The predicted octanol–water partition coefficient (Wildman–Crippen LogP) is 4.09. The minimum Gasteiger partial charge on any atom is -0.301 e. The Balaban J connectivity index is 2.76. The van der Waals surface area contributed by atoms with Gasteiger partial charge in [0.2, 0.25) is 5.82 Å². The molecule has 0 heterocycles. The first-order chi connectivity index (χ1) is 9.93. The molecular formula is C13H14Cl2F5N. The number of nitrogens with zero attached hydrogens (tertiary/aromatic N) is 1. The highest BCUT2D eigenvalue weighted by Gasteiger charge is 2.25. The maximum atomic E-state index is 13.4. The van der Waals surface area contributed by atoms with Crippen LogP contribution in [0.5, 0.6) is 0 Å². The van der Waals surface area contributed by atoms with Crippen molar-refractivity contribution in [1.29, 1.82) is 0 Å². The summed E-state index contributed by atoms with van der Waals surface area (Å²) in [6.45, 7) is 1.47. The summed E-state index contributed by atoms with van der Waals surface area (Å²) >= 11 is 11.2. The van der Waals surface area contributed by atoms with Crippen molar-refractivity contribution in [2.45, 2.75) is 12.8 Å². The molecule has 0 aliphatic heterocycles. The third kappa shape index (κ3) is 4.69. The first kappa shape index (κ1) is 18.5. The number of benzene rings is 1. The highest BCUT2D eigenvalue weighted by atomic mass is 35.5. The Bertz CT molecular complexity index is 449. The fourth-order valence-electron chi connectivity index (χ4n) is 1.92. The molecule has 0 saturated heterocycles. The summed E-state index contributed by atoms with van der Waals surface area (Å²) in [5.41, 5.74) is -0.789. The van der Waals surface area contributed by atoms with E-state index in [-0.39, 0.29) is 12.8 Å². The normalized spacial score (nSPS) is 11.4. The van der Waals surface area contributed by atoms with Crippen molar-refractivity contribution in [3.8, 4) is 0 Å². The van der Waals surface area contributed by atoms with Crippen molar-refractivity contribution in [1.82, 2.24) is 4.90 Å². The summed E-state index contributed by atoms with van der Waals surface area (Å²) in [5.74, 6) is -8.79. The molecule has 120 valence electrons. The van der Waals surface area contributed by atoms with Gasteiger partial charge in [-0.3, -0.25) is 0 Å². The van der Waals surface area contributed by atoms with Crippen LogP contribution in [0.3, 0.4) is 0 Å². The molecule has 0 aliphatic rings. The van der Waals surface area contributed by atoms with Crippen LogP contribution in [-0.2, 0) is 6.42 Å². The van der Waals surface area contributed by atoms with Gasteiger partial charge in [0, 0.05) is 30.4 Å². The summed E-state index contributed by atoms with van der Waals surface area (Å²) < 4.78 is 65.8. The number of alkyl halides is 2. The molecule has 0 aliphatic carbocycles. The maximum Gasteiger partial charge on any atom is 0.200 e. The minimum absolute atomic E-state index is 0.228. The van der Waals surface area contributed by atoms with Gasteiger partial charge in [0.05, 0.1) is 0 Å². The van der Waals surface area contributed by atoms with Gasteiger partial charge in [-0.1, -0.05) is 0 Å². The summed E-state index contributed by atoms with van der Waals surface area (Å²) in [5, 5.41) is 0. The van der Waals surface area contributed by atoms with Crippen LogP contribution in [0.2, 0.25) is 0 Å². The molecule has 1 aromatic carbocycles. The quantitative estimate of drug-likeness (QED) is 0.295. The van der Waals surface area contributed by atoms with E-state index in [4.69, 9.17) is 23.2 Å². The van der Waals surface area contributed by atoms with Crippen LogP contribution in [-0.4, -0.2) is 36.3 Å². The Morgan fingerprint density at radius 3 is 1.52 bits per heavy atom. The Hall–Kier alpha value is -0.590. The molecule has 0 atom stereocenters. The van der Waals surface area contributed by atoms with Gasteiger partial charge in [-0.25, -0.2) is 22.0 Å². The van der Waals surface area contributed by atoms with E-state index >= 15 is 0 Å². The van der Waals surface area contributed by atoms with Crippen molar-refractivity contribution in [3.63, 3.8) is 0 Å². The van der Waals surface area contributed by atoms with E-state index in [0.29, 0.717) is 31.4 Å². The summed E-state index contributed by atoms with van der Waals surface area (Å²) in [7, 11) is 0. The highest BCUT2D eigenvalue weighted by Crippen LogP contribution is 2.24. The topological polar surface area (TPSA) is 3.24 Å². The van der Waals surface area contributed by atoms with Crippen LogP contribution >= 0.6 is 23.2 Å². The van der Waals surface area contributed by atoms with E-state index in [0.717, 1.165) is 0 Å². The molecule has 0 unspecified atom stereocenters. The number of halogens is 7. The molecule has 0 radical (unpaired) electrons. The van der Waals surface area contributed by atoms with E-state index in [9.17, 15) is 22.0 Å². The van der Waals surface area contributed by atoms with Gasteiger partial charge >= 0.3 is 0 Å². The van der Waals surface area contributed by atoms with Crippen molar-refractivity contribution < 1.29 is 22.0 Å². The monoisotopic (exact) mass is 349 g/mol. The number of rotatable bonds is 8. The van der Waals surface area contributed by atoms with Crippen molar-refractivity contribution in [2.75, 3.05) is 31.4 Å². The molecule has 8 heteroatoms. The lowest BCUT2D eigenvalue weighted by molar-refractivity contribution is 0.300. The highest BCUT2D eigenvalue weighted by molar-refractivity contribution is 6.18. The minimum atomic E-state index is -2.14. The van der Waals surface area contributed by atoms with E-state index in [1.807, 2.05) is 4.90 Å². The van der Waals surface area contributed by atoms with E-state index < -0.39 is 34.6 Å². The van der Waals surface area contributed by atoms with Crippen molar-refractivity contribution in [2.24, 2.45) is 0 Å². The number of hydrogen-bond donors (Lipinski definition) is 0. The van der Waals surface area contributed by atoms with Crippen molar-refractivity contribution in [3.05, 3.63) is 34.6 Å². The Kier molecular flexibility index (Phi) is 7.70. The zero-order valence-corrected chi connectivity index (χ0v) is 12.6. The summed E-state index contributed by atoms with van der Waals surface area (Å²) in [6, 6.07) is 0. The van der Waals surface area contributed by atoms with E-state index in [2.05, 4.69) is 0 Å². The molecule has 0 amide bonds. The SMILES string of the molecule is Fc1c(F)c(F)c(CCCN(CCCl)CCCl)c(F)c1F. The lowest BCUT2D eigenvalue weighted by Crippen LogP contribution is -2.29. The van der Waals surface area contributed by atoms with Gasteiger partial charge in [-0.05, 0) is 19.4 Å². The Morgan fingerprint density at radius 2 is 1.10 bits per heavy atom. The fourth-order valence-corrected chi connectivity index (χ4v) is 2.40. The Labute approximate surface area is 129 Å².